The Balaban J connectivity index is 1.23. The Morgan fingerprint density at radius 3 is 3.00 bits per heavy atom. The van der Waals surface area contributed by atoms with Gasteiger partial charge in [0.2, 0.25) is 0 Å². The van der Waals surface area contributed by atoms with E-state index in [9.17, 15) is 9.59 Å². The molecule has 1 aliphatic heterocycles. The summed E-state index contributed by atoms with van der Waals surface area (Å²) in [5.74, 6) is 0.231. The first-order valence-electron chi connectivity index (χ1n) is 10.5. The molecule has 2 aromatic heterocycles. The van der Waals surface area contributed by atoms with Crippen molar-refractivity contribution < 1.29 is 18.7 Å². The van der Waals surface area contributed by atoms with E-state index in [0.717, 1.165) is 34.1 Å². The lowest BCUT2D eigenvalue weighted by Crippen LogP contribution is -2.47. The fourth-order valence-corrected chi connectivity index (χ4v) is 5.30. The number of Topliss-reactive ketones (excluding diaryl/α,β-unsaturated/α-hetero) is 1. The quantitative estimate of drug-likeness (QED) is 0.668. The van der Waals surface area contributed by atoms with Crippen LogP contribution in [0.25, 0.3) is 11.0 Å². The Bertz CT molecular complexity index is 1120. The van der Waals surface area contributed by atoms with Gasteiger partial charge in [-0.1, -0.05) is 43.4 Å². The number of morpholine rings is 1. The van der Waals surface area contributed by atoms with Crippen LogP contribution in [0.15, 0.2) is 34.7 Å². The highest BCUT2D eigenvalue weighted by Gasteiger charge is 2.35. The number of furan rings is 1. The highest BCUT2D eigenvalue weighted by Crippen LogP contribution is 2.39. The molecule has 1 saturated heterocycles. The van der Waals surface area contributed by atoms with Gasteiger partial charge in [-0.15, -0.1) is 0 Å². The Hall–Kier alpha value is -2.71. The number of hydrogen-bond acceptors (Lipinski definition) is 7. The number of carbonyl (C=O) groups excluding carboxylic acids is 2. The number of amides is 1. The zero-order chi connectivity index (χ0) is 21.6. The highest BCUT2D eigenvalue weighted by molar-refractivity contribution is 7.17. The van der Waals surface area contributed by atoms with Gasteiger partial charge in [-0.2, -0.15) is 0 Å². The number of anilines is 1. The number of ketones is 1. The Morgan fingerprint density at radius 1 is 1.32 bits per heavy atom. The summed E-state index contributed by atoms with van der Waals surface area (Å²) in [6.45, 7) is 6.49. The van der Waals surface area contributed by atoms with Gasteiger partial charge in [-0.25, -0.2) is 4.98 Å². The molecular formula is C23H25N3O4S. The average Bonchev–Trinajstić information content (AvgIpc) is 3.36. The first-order valence-corrected chi connectivity index (χ1v) is 11.4. The molecule has 2 aliphatic rings. The van der Waals surface area contributed by atoms with Gasteiger partial charge < -0.3 is 19.4 Å². The van der Waals surface area contributed by atoms with Gasteiger partial charge >= 0.3 is 0 Å². The van der Waals surface area contributed by atoms with Crippen LogP contribution in [0.3, 0.4) is 0 Å². The van der Waals surface area contributed by atoms with Crippen LogP contribution >= 0.6 is 11.3 Å². The number of benzene rings is 1. The van der Waals surface area contributed by atoms with Gasteiger partial charge in [0.05, 0.1) is 23.3 Å². The molecule has 7 nitrogen and oxygen atoms in total. The number of rotatable bonds is 4. The lowest BCUT2D eigenvalue weighted by Gasteiger charge is -2.32. The lowest BCUT2D eigenvalue weighted by atomic mass is 9.78. The summed E-state index contributed by atoms with van der Waals surface area (Å²) in [6.07, 6.45) is 1.24. The van der Waals surface area contributed by atoms with Gasteiger partial charge in [0.1, 0.15) is 5.58 Å². The number of nitrogens with one attached hydrogen (secondary N) is 1. The summed E-state index contributed by atoms with van der Waals surface area (Å²) in [5.41, 5.74) is 1.57. The van der Waals surface area contributed by atoms with Crippen LogP contribution in [0.2, 0.25) is 0 Å². The van der Waals surface area contributed by atoms with E-state index in [-0.39, 0.29) is 23.2 Å². The summed E-state index contributed by atoms with van der Waals surface area (Å²) in [6, 6.07) is 9.29. The van der Waals surface area contributed by atoms with Crippen molar-refractivity contribution in [3.8, 4) is 0 Å². The molecule has 1 unspecified atom stereocenters. The van der Waals surface area contributed by atoms with Crippen molar-refractivity contribution in [2.45, 2.75) is 32.8 Å². The van der Waals surface area contributed by atoms with Crippen LogP contribution in [0.1, 0.15) is 46.2 Å². The van der Waals surface area contributed by atoms with Crippen LogP contribution in [0, 0.1) is 5.41 Å². The van der Waals surface area contributed by atoms with E-state index in [1.807, 2.05) is 24.3 Å². The fourth-order valence-electron chi connectivity index (χ4n) is 4.25. The normalized spacial score (nSPS) is 20.6. The Kier molecular flexibility index (Phi) is 5.06. The molecule has 0 radical (unpaired) electrons. The van der Waals surface area contributed by atoms with Gasteiger partial charge in [0.15, 0.2) is 16.7 Å². The van der Waals surface area contributed by atoms with E-state index < -0.39 is 0 Å². The molecule has 5 rings (SSSR count). The maximum atomic E-state index is 12.5. The third-order valence-electron chi connectivity index (χ3n) is 5.77. The molecule has 0 spiro atoms. The summed E-state index contributed by atoms with van der Waals surface area (Å²) >= 11 is 1.48. The molecule has 162 valence electrons. The smallest absolute Gasteiger partial charge is 0.287 e. The standard InChI is InChI=1S/C23H25N3O4S/c1-23(2)10-16-20(17(27)11-23)31-22(25-16)26-7-8-29-15(13-26)12-24-21(28)19-9-14-5-3-4-6-18(14)30-19/h3-6,9,15H,7-8,10-13H2,1-2H3,(H,24,28). The largest absolute Gasteiger partial charge is 0.451 e. The first-order chi connectivity index (χ1) is 14.9. The highest BCUT2D eigenvalue weighted by atomic mass is 32.1. The van der Waals surface area contributed by atoms with Gasteiger partial charge in [-0.05, 0) is 24.0 Å². The molecule has 0 saturated carbocycles. The zero-order valence-corrected chi connectivity index (χ0v) is 18.5. The average molecular weight is 440 g/mol. The van der Waals surface area contributed by atoms with E-state index >= 15 is 0 Å². The van der Waals surface area contributed by atoms with Crippen molar-refractivity contribution in [2.75, 3.05) is 31.1 Å². The number of thiazole rings is 1. The lowest BCUT2D eigenvalue weighted by molar-refractivity contribution is 0.0393. The SMILES string of the molecule is CC1(C)CC(=O)c2sc(N3CCOC(CNC(=O)c4cc5ccccc5o4)C3)nc2C1. The van der Waals surface area contributed by atoms with Crippen molar-refractivity contribution in [1.82, 2.24) is 10.3 Å². The third-order valence-corrected chi connectivity index (χ3v) is 6.97. The van der Waals surface area contributed by atoms with Gasteiger partial charge in [-0.3, -0.25) is 9.59 Å². The topological polar surface area (TPSA) is 84.7 Å². The van der Waals surface area contributed by atoms with Crippen molar-refractivity contribution >= 4 is 39.1 Å². The van der Waals surface area contributed by atoms with Crippen LogP contribution in [-0.2, 0) is 11.2 Å². The number of nitrogens with zero attached hydrogens (tertiary/aromatic N) is 2. The minimum absolute atomic E-state index is 0.0378. The molecule has 1 amide bonds. The van der Waals surface area contributed by atoms with E-state index in [2.05, 4.69) is 24.1 Å². The molecule has 1 aromatic carbocycles. The van der Waals surface area contributed by atoms with E-state index in [0.29, 0.717) is 37.5 Å². The van der Waals surface area contributed by atoms with Crippen LogP contribution in [0.5, 0.6) is 0 Å². The molecule has 31 heavy (non-hydrogen) atoms. The van der Waals surface area contributed by atoms with Crippen LogP contribution < -0.4 is 10.2 Å². The monoisotopic (exact) mass is 439 g/mol. The number of carbonyl (C=O) groups is 2. The Morgan fingerprint density at radius 2 is 2.16 bits per heavy atom. The second-order valence-corrected chi connectivity index (χ2v) is 9.99. The predicted octanol–water partition coefficient (Wildman–Crippen LogP) is 3.68. The third kappa shape index (κ3) is 4.09. The van der Waals surface area contributed by atoms with Crippen molar-refractivity contribution in [3.05, 3.63) is 46.7 Å². The van der Waals surface area contributed by atoms with Crippen LogP contribution in [-0.4, -0.2) is 49.0 Å². The molecule has 1 atom stereocenters. The molecular weight excluding hydrogens is 414 g/mol. The Labute approximate surface area is 184 Å². The van der Waals surface area contributed by atoms with Gasteiger partial charge in [0.25, 0.3) is 5.91 Å². The van der Waals surface area contributed by atoms with E-state index in [4.69, 9.17) is 14.1 Å². The number of hydrogen-bond donors (Lipinski definition) is 1. The first kappa shape index (κ1) is 20.2. The molecule has 0 bridgehead atoms. The molecule has 8 heteroatoms. The number of ether oxygens (including phenoxy) is 1. The molecule has 3 heterocycles. The summed E-state index contributed by atoms with van der Waals surface area (Å²) in [7, 11) is 0. The van der Waals surface area contributed by atoms with Gasteiger partial charge in [0, 0.05) is 31.4 Å². The van der Waals surface area contributed by atoms with Crippen molar-refractivity contribution in [2.24, 2.45) is 5.41 Å². The second kappa shape index (κ2) is 7.76. The molecule has 1 fully saturated rings. The zero-order valence-electron chi connectivity index (χ0n) is 17.6. The second-order valence-electron chi connectivity index (χ2n) is 9.01. The molecule has 1 aliphatic carbocycles. The number of para-hydroxylation sites is 1. The predicted molar refractivity (Wildman–Crippen MR) is 119 cm³/mol. The summed E-state index contributed by atoms with van der Waals surface area (Å²) in [4.78, 5) is 32.8. The number of aromatic nitrogens is 1. The maximum Gasteiger partial charge on any atom is 0.287 e. The van der Waals surface area contributed by atoms with Crippen LogP contribution in [0.4, 0.5) is 5.13 Å². The minimum atomic E-state index is -0.255. The number of fused-ring (bicyclic) bond motifs is 2. The maximum absolute atomic E-state index is 12.5. The van der Waals surface area contributed by atoms with Crippen molar-refractivity contribution in [1.29, 1.82) is 0 Å². The summed E-state index contributed by atoms with van der Waals surface area (Å²) in [5, 5.41) is 4.68. The fraction of sp³-hybridized carbons (Fsp3) is 0.435. The molecule has 1 N–H and O–H groups in total. The van der Waals surface area contributed by atoms with Crippen molar-refractivity contribution in [3.63, 3.8) is 0 Å². The minimum Gasteiger partial charge on any atom is -0.451 e. The molecule has 3 aromatic rings. The van der Waals surface area contributed by atoms with E-state index in [1.54, 1.807) is 6.07 Å². The van der Waals surface area contributed by atoms with E-state index in [1.165, 1.54) is 11.3 Å². The summed E-state index contributed by atoms with van der Waals surface area (Å²) < 4.78 is 11.5.